The molecule has 1 heterocycles. The molecule has 1 aromatic carbocycles. The molecule has 1 aromatic heterocycles. The monoisotopic (exact) mass is 272 g/mol. The normalized spacial score (nSPS) is 21.9. The maximum atomic E-state index is 5.88. The zero-order valence-electron chi connectivity index (χ0n) is 10.6. The Morgan fingerprint density at radius 3 is 2.53 bits per heavy atom. The third-order valence-corrected chi connectivity index (χ3v) is 4.33. The van der Waals surface area contributed by atoms with Crippen molar-refractivity contribution < 1.29 is 4.74 Å². The van der Waals surface area contributed by atoms with Gasteiger partial charge in [0.05, 0.1) is 12.7 Å². The molecule has 0 saturated heterocycles. The van der Waals surface area contributed by atoms with Crippen LogP contribution in [-0.4, -0.2) is 21.3 Å². The molecule has 1 aliphatic rings. The van der Waals surface area contributed by atoms with Crippen LogP contribution in [0.25, 0.3) is 0 Å². The van der Waals surface area contributed by atoms with Crippen molar-refractivity contribution in [3.8, 4) is 0 Å². The number of benzene rings is 1. The number of rotatable bonds is 5. The Kier molecular flexibility index (Phi) is 4.10. The van der Waals surface area contributed by atoms with Gasteiger partial charge in [0.1, 0.15) is 0 Å². The molecule has 0 aliphatic heterocycles. The van der Waals surface area contributed by atoms with Gasteiger partial charge in [0.2, 0.25) is 0 Å². The molecule has 2 aromatic rings. The van der Waals surface area contributed by atoms with Gasteiger partial charge in [-0.3, -0.25) is 0 Å². The summed E-state index contributed by atoms with van der Waals surface area (Å²) >= 11 is 1.75. The molecule has 0 bridgehead atoms. The average Bonchev–Trinajstić information content (AvgIpc) is 2.43. The predicted octanol–water partition coefficient (Wildman–Crippen LogP) is 3.32. The third-order valence-electron chi connectivity index (χ3n) is 3.19. The molecule has 1 saturated carbocycles. The van der Waals surface area contributed by atoms with Crippen molar-refractivity contribution in [1.82, 2.24) is 9.97 Å². The lowest BCUT2D eigenvalue weighted by molar-refractivity contribution is -0.00503. The smallest absolute Gasteiger partial charge is 0.187 e. The van der Waals surface area contributed by atoms with Crippen LogP contribution in [0.2, 0.25) is 0 Å². The standard InChI is InChI=1S/C15H16N2OS/c1-2-5-12(6-3-1)11-18-13-9-14(10-13)19-15-16-7-4-8-17-15/h1-8,13-14H,9-11H2. The van der Waals surface area contributed by atoms with Gasteiger partial charge in [-0.2, -0.15) is 0 Å². The largest absolute Gasteiger partial charge is 0.373 e. The molecular formula is C15H16N2OS. The van der Waals surface area contributed by atoms with Crippen molar-refractivity contribution in [2.45, 2.75) is 36.0 Å². The highest BCUT2D eigenvalue weighted by atomic mass is 32.2. The van der Waals surface area contributed by atoms with E-state index in [0.29, 0.717) is 18.0 Å². The van der Waals surface area contributed by atoms with Gasteiger partial charge in [0.15, 0.2) is 5.16 Å². The van der Waals surface area contributed by atoms with E-state index >= 15 is 0 Å². The Labute approximate surface area is 117 Å². The van der Waals surface area contributed by atoms with Crippen molar-refractivity contribution >= 4 is 11.8 Å². The molecule has 0 radical (unpaired) electrons. The van der Waals surface area contributed by atoms with E-state index in [-0.39, 0.29) is 0 Å². The second kappa shape index (κ2) is 6.17. The number of nitrogens with zero attached hydrogens (tertiary/aromatic N) is 2. The van der Waals surface area contributed by atoms with Gasteiger partial charge in [-0.15, -0.1) is 0 Å². The minimum Gasteiger partial charge on any atom is -0.373 e. The summed E-state index contributed by atoms with van der Waals surface area (Å²) in [7, 11) is 0. The van der Waals surface area contributed by atoms with Crippen LogP contribution >= 0.6 is 11.8 Å². The summed E-state index contributed by atoms with van der Waals surface area (Å²) < 4.78 is 5.88. The van der Waals surface area contributed by atoms with Crippen LogP contribution < -0.4 is 0 Å². The fourth-order valence-corrected chi connectivity index (χ4v) is 3.20. The van der Waals surface area contributed by atoms with E-state index in [4.69, 9.17) is 4.74 Å². The van der Waals surface area contributed by atoms with E-state index in [1.165, 1.54) is 5.56 Å². The van der Waals surface area contributed by atoms with Gasteiger partial charge in [0, 0.05) is 17.6 Å². The first-order valence-electron chi connectivity index (χ1n) is 6.49. The van der Waals surface area contributed by atoms with Crippen LogP contribution in [0.5, 0.6) is 0 Å². The van der Waals surface area contributed by atoms with E-state index in [1.807, 2.05) is 24.3 Å². The third kappa shape index (κ3) is 3.55. The molecule has 0 amide bonds. The Morgan fingerprint density at radius 1 is 1.05 bits per heavy atom. The maximum Gasteiger partial charge on any atom is 0.187 e. The molecule has 98 valence electrons. The lowest BCUT2D eigenvalue weighted by atomic mass is 9.95. The van der Waals surface area contributed by atoms with Crippen molar-refractivity contribution in [2.75, 3.05) is 0 Å². The highest BCUT2D eigenvalue weighted by Gasteiger charge is 2.31. The van der Waals surface area contributed by atoms with Gasteiger partial charge >= 0.3 is 0 Å². The van der Waals surface area contributed by atoms with Crippen molar-refractivity contribution in [3.05, 3.63) is 54.4 Å². The zero-order valence-corrected chi connectivity index (χ0v) is 11.4. The van der Waals surface area contributed by atoms with E-state index in [2.05, 4.69) is 22.1 Å². The molecule has 3 nitrogen and oxygen atoms in total. The molecule has 0 atom stereocenters. The Hall–Kier alpha value is -1.39. The molecule has 0 spiro atoms. The van der Waals surface area contributed by atoms with E-state index in [0.717, 1.165) is 18.0 Å². The molecule has 1 aliphatic carbocycles. The molecular weight excluding hydrogens is 256 g/mol. The van der Waals surface area contributed by atoms with Crippen LogP contribution in [0, 0.1) is 0 Å². The summed E-state index contributed by atoms with van der Waals surface area (Å²) in [6, 6.07) is 12.2. The van der Waals surface area contributed by atoms with Gasteiger partial charge in [-0.05, 0) is 24.5 Å². The zero-order chi connectivity index (χ0) is 12.9. The molecule has 0 N–H and O–H groups in total. The number of hydrogen-bond acceptors (Lipinski definition) is 4. The van der Waals surface area contributed by atoms with Gasteiger partial charge in [-0.25, -0.2) is 9.97 Å². The first-order valence-corrected chi connectivity index (χ1v) is 7.37. The van der Waals surface area contributed by atoms with Crippen molar-refractivity contribution in [3.63, 3.8) is 0 Å². The molecule has 0 unspecified atom stereocenters. The molecule has 1 fully saturated rings. The first kappa shape index (κ1) is 12.6. The van der Waals surface area contributed by atoms with E-state index in [9.17, 15) is 0 Å². The van der Waals surface area contributed by atoms with Crippen LogP contribution in [0.3, 0.4) is 0 Å². The van der Waals surface area contributed by atoms with E-state index in [1.54, 1.807) is 24.2 Å². The number of aromatic nitrogens is 2. The van der Waals surface area contributed by atoms with Crippen LogP contribution in [0.15, 0.2) is 53.9 Å². The molecule has 4 heteroatoms. The van der Waals surface area contributed by atoms with Gasteiger partial charge < -0.3 is 4.74 Å². The lowest BCUT2D eigenvalue weighted by Gasteiger charge is -2.34. The summed E-state index contributed by atoms with van der Waals surface area (Å²) in [5.74, 6) is 0. The second-order valence-corrected chi connectivity index (χ2v) is 5.93. The Morgan fingerprint density at radius 2 is 1.79 bits per heavy atom. The van der Waals surface area contributed by atoms with Crippen LogP contribution in [0.4, 0.5) is 0 Å². The summed E-state index contributed by atoms with van der Waals surface area (Å²) in [6.07, 6.45) is 6.15. The second-order valence-electron chi connectivity index (χ2n) is 4.66. The average molecular weight is 272 g/mol. The van der Waals surface area contributed by atoms with Crippen LogP contribution in [0.1, 0.15) is 18.4 Å². The highest BCUT2D eigenvalue weighted by molar-refractivity contribution is 7.99. The number of hydrogen-bond donors (Lipinski definition) is 0. The minimum atomic E-state index is 0.390. The minimum absolute atomic E-state index is 0.390. The topological polar surface area (TPSA) is 35.0 Å². The quantitative estimate of drug-likeness (QED) is 0.782. The Bertz CT molecular complexity index is 500. The predicted molar refractivity (Wildman–Crippen MR) is 75.9 cm³/mol. The number of ether oxygens (including phenoxy) is 1. The summed E-state index contributed by atoms with van der Waals surface area (Å²) in [5, 5.41) is 1.47. The summed E-state index contributed by atoms with van der Waals surface area (Å²) in [5.41, 5.74) is 1.24. The Balaban J connectivity index is 1.39. The van der Waals surface area contributed by atoms with Gasteiger partial charge in [-0.1, -0.05) is 42.1 Å². The first-order chi connectivity index (χ1) is 9.40. The SMILES string of the molecule is c1ccc(COC2CC(Sc3ncccn3)C2)cc1. The molecule has 19 heavy (non-hydrogen) atoms. The lowest BCUT2D eigenvalue weighted by Crippen LogP contribution is -2.33. The number of thioether (sulfide) groups is 1. The molecule has 3 rings (SSSR count). The fourth-order valence-electron chi connectivity index (χ4n) is 2.03. The van der Waals surface area contributed by atoms with Crippen molar-refractivity contribution in [2.24, 2.45) is 0 Å². The van der Waals surface area contributed by atoms with Crippen LogP contribution in [-0.2, 0) is 11.3 Å². The fraction of sp³-hybridized carbons (Fsp3) is 0.333. The maximum absolute atomic E-state index is 5.88. The van der Waals surface area contributed by atoms with E-state index < -0.39 is 0 Å². The van der Waals surface area contributed by atoms with Crippen molar-refractivity contribution in [1.29, 1.82) is 0 Å². The van der Waals surface area contributed by atoms with Gasteiger partial charge in [0.25, 0.3) is 0 Å². The summed E-state index contributed by atoms with van der Waals surface area (Å²) in [4.78, 5) is 8.46. The highest BCUT2D eigenvalue weighted by Crippen LogP contribution is 2.36. The summed E-state index contributed by atoms with van der Waals surface area (Å²) in [6.45, 7) is 0.713.